The molecular formula is C20H24N4O4. The van der Waals surface area contributed by atoms with E-state index < -0.39 is 11.7 Å². The largest absolute Gasteiger partial charge is 0.465 e. The molecule has 3 aromatic rings. The smallest absolute Gasteiger partial charge is 0.407 e. The van der Waals surface area contributed by atoms with Crippen molar-refractivity contribution in [2.75, 3.05) is 19.7 Å². The minimum absolute atomic E-state index is 0.321. The van der Waals surface area contributed by atoms with Gasteiger partial charge in [0, 0.05) is 25.1 Å². The minimum atomic E-state index is -0.995. The van der Waals surface area contributed by atoms with Crippen LogP contribution in [0.2, 0.25) is 0 Å². The van der Waals surface area contributed by atoms with Crippen LogP contribution in [-0.4, -0.2) is 61.0 Å². The Morgan fingerprint density at radius 1 is 1.25 bits per heavy atom. The second-order valence-corrected chi connectivity index (χ2v) is 7.25. The van der Waals surface area contributed by atoms with Crippen molar-refractivity contribution in [3.63, 3.8) is 0 Å². The van der Waals surface area contributed by atoms with Crippen LogP contribution in [-0.2, 0) is 17.9 Å². The van der Waals surface area contributed by atoms with E-state index in [1.54, 1.807) is 6.20 Å². The number of fused-ring (bicyclic) bond motifs is 3. The van der Waals surface area contributed by atoms with Crippen LogP contribution >= 0.6 is 0 Å². The highest BCUT2D eigenvalue weighted by atomic mass is 16.5. The maximum atomic E-state index is 11.2. The highest BCUT2D eigenvalue weighted by Gasteiger charge is 2.35. The molecule has 2 aromatic heterocycles. The lowest BCUT2D eigenvalue weighted by Crippen LogP contribution is -2.48. The van der Waals surface area contributed by atoms with Gasteiger partial charge in [-0.3, -0.25) is 4.98 Å². The van der Waals surface area contributed by atoms with E-state index >= 15 is 0 Å². The average molecular weight is 384 g/mol. The molecule has 1 aromatic carbocycles. The third kappa shape index (κ3) is 3.41. The van der Waals surface area contributed by atoms with Crippen molar-refractivity contribution in [3.05, 3.63) is 36.3 Å². The number of benzene rings is 1. The number of rotatable bonds is 5. The molecule has 0 aliphatic carbocycles. The number of aliphatic hydroxyl groups is 1. The Morgan fingerprint density at radius 3 is 2.71 bits per heavy atom. The molecule has 0 saturated carbocycles. The first-order valence-electron chi connectivity index (χ1n) is 9.51. The highest BCUT2D eigenvalue weighted by Crippen LogP contribution is 2.30. The molecule has 0 atom stereocenters. The van der Waals surface area contributed by atoms with Gasteiger partial charge in [0.25, 0.3) is 0 Å². The number of ether oxygens (including phenoxy) is 1. The van der Waals surface area contributed by atoms with Gasteiger partial charge < -0.3 is 24.4 Å². The zero-order chi connectivity index (χ0) is 19.7. The average Bonchev–Trinajstić information content (AvgIpc) is 3.04. The third-order valence-corrected chi connectivity index (χ3v) is 5.41. The first-order valence-corrected chi connectivity index (χ1v) is 9.51. The van der Waals surface area contributed by atoms with Gasteiger partial charge in [0.1, 0.15) is 17.9 Å². The molecule has 28 heavy (non-hydrogen) atoms. The number of piperidine rings is 1. The molecule has 4 rings (SSSR count). The summed E-state index contributed by atoms with van der Waals surface area (Å²) in [6, 6.07) is 7.86. The lowest BCUT2D eigenvalue weighted by Gasteiger charge is -2.37. The van der Waals surface area contributed by atoms with Crippen molar-refractivity contribution >= 4 is 28.0 Å². The molecule has 148 valence electrons. The molecule has 0 unspecified atom stereocenters. The molecule has 0 bridgehead atoms. The minimum Gasteiger partial charge on any atom is -0.465 e. The molecule has 1 saturated heterocycles. The van der Waals surface area contributed by atoms with Crippen molar-refractivity contribution in [3.8, 4) is 0 Å². The van der Waals surface area contributed by atoms with Crippen molar-refractivity contribution in [1.82, 2.24) is 19.4 Å². The summed E-state index contributed by atoms with van der Waals surface area (Å²) in [5.41, 5.74) is 1.56. The molecule has 8 nitrogen and oxygen atoms in total. The number of amides is 1. The van der Waals surface area contributed by atoms with Gasteiger partial charge in [-0.2, -0.15) is 0 Å². The lowest BCUT2D eigenvalue weighted by atomic mass is 9.91. The van der Waals surface area contributed by atoms with Gasteiger partial charge in [-0.1, -0.05) is 18.2 Å². The van der Waals surface area contributed by atoms with Crippen LogP contribution < -0.4 is 0 Å². The Balaban J connectivity index is 1.75. The Kier molecular flexibility index (Phi) is 4.91. The lowest BCUT2D eigenvalue weighted by molar-refractivity contribution is -0.0302. The molecule has 2 N–H and O–H groups in total. The van der Waals surface area contributed by atoms with E-state index in [1.807, 2.05) is 35.8 Å². The van der Waals surface area contributed by atoms with Gasteiger partial charge in [0.05, 0.1) is 29.4 Å². The van der Waals surface area contributed by atoms with Gasteiger partial charge in [0.15, 0.2) is 0 Å². The predicted octanol–water partition coefficient (Wildman–Crippen LogP) is 2.63. The van der Waals surface area contributed by atoms with Crippen LogP contribution in [0.4, 0.5) is 4.79 Å². The zero-order valence-corrected chi connectivity index (χ0v) is 15.8. The molecule has 8 heteroatoms. The number of hydrogen-bond acceptors (Lipinski definition) is 5. The summed E-state index contributed by atoms with van der Waals surface area (Å²) in [4.78, 5) is 21.7. The van der Waals surface area contributed by atoms with Crippen LogP contribution in [0.3, 0.4) is 0 Å². The Hall–Kier alpha value is -2.71. The number of hydrogen-bond donors (Lipinski definition) is 2. The predicted molar refractivity (Wildman–Crippen MR) is 104 cm³/mol. The van der Waals surface area contributed by atoms with Gasteiger partial charge in [-0.05, 0) is 25.8 Å². The number of para-hydroxylation sites is 1. The summed E-state index contributed by atoms with van der Waals surface area (Å²) in [5.74, 6) is 0.740. The molecule has 1 aliphatic heterocycles. The molecule has 1 aliphatic rings. The standard InChI is InChI=1S/C20H24N4O4/c1-2-28-12-17-22-16-11-21-15-6-4-3-5-14(15)18(16)24(17)13-20(27)7-9-23(10-8-20)19(25)26/h3-6,11,27H,2,7-10,12-13H2,1H3,(H,25,26). The van der Waals surface area contributed by atoms with Crippen molar-refractivity contribution in [2.24, 2.45) is 0 Å². The van der Waals surface area contributed by atoms with E-state index in [9.17, 15) is 15.0 Å². The monoisotopic (exact) mass is 384 g/mol. The third-order valence-electron chi connectivity index (χ3n) is 5.41. The number of carbonyl (C=O) groups is 1. The summed E-state index contributed by atoms with van der Waals surface area (Å²) in [6.07, 6.45) is 1.58. The van der Waals surface area contributed by atoms with Crippen LogP contribution in [0.25, 0.3) is 21.9 Å². The fourth-order valence-electron chi connectivity index (χ4n) is 3.85. The summed E-state index contributed by atoms with van der Waals surface area (Å²) in [6.45, 7) is 3.83. The maximum absolute atomic E-state index is 11.2. The Labute approximate surface area is 162 Å². The SMILES string of the molecule is CCOCc1nc2cnc3ccccc3c2n1CC1(O)CCN(C(=O)O)CC1. The number of pyridine rings is 1. The van der Waals surface area contributed by atoms with E-state index in [1.165, 1.54) is 4.90 Å². The second-order valence-electron chi connectivity index (χ2n) is 7.25. The zero-order valence-electron chi connectivity index (χ0n) is 15.8. The first-order chi connectivity index (χ1) is 13.5. The quantitative estimate of drug-likeness (QED) is 0.701. The van der Waals surface area contributed by atoms with Crippen LogP contribution in [0.1, 0.15) is 25.6 Å². The highest BCUT2D eigenvalue weighted by molar-refractivity contribution is 6.02. The Morgan fingerprint density at radius 2 is 2.00 bits per heavy atom. The topological polar surface area (TPSA) is 101 Å². The number of aromatic nitrogens is 3. The number of nitrogens with zero attached hydrogens (tertiary/aromatic N) is 4. The van der Waals surface area contributed by atoms with Crippen molar-refractivity contribution in [1.29, 1.82) is 0 Å². The van der Waals surface area contributed by atoms with Crippen LogP contribution in [0.5, 0.6) is 0 Å². The van der Waals surface area contributed by atoms with Crippen LogP contribution in [0.15, 0.2) is 30.5 Å². The fraction of sp³-hybridized carbons (Fsp3) is 0.450. The van der Waals surface area contributed by atoms with Crippen molar-refractivity contribution < 1.29 is 19.7 Å². The molecular weight excluding hydrogens is 360 g/mol. The molecule has 3 heterocycles. The van der Waals surface area contributed by atoms with Crippen LogP contribution in [0, 0.1) is 0 Å². The number of imidazole rings is 1. The van der Waals surface area contributed by atoms with E-state index in [2.05, 4.69) is 4.98 Å². The normalized spacial score (nSPS) is 16.7. The Bertz CT molecular complexity index is 1010. The van der Waals surface area contributed by atoms with Crippen molar-refractivity contribution in [2.45, 2.75) is 38.5 Å². The van der Waals surface area contributed by atoms with E-state index in [0.717, 1.165) is 27.8 Å². The van der Waals surface area contributed by atoms with E-state index in [-0.39, 0.29) is 0 Å². The summed E-state index contributed by atoms with van der Waals surface area (Å²) in [5, 5.41) is 21.3. The maximum Gasteiger partial charge on any atom is 0.407 e. The van der Waals surface area contributed by atoms with Gasteiger partial charge >= 0.3 is 6.09 Å². The molecule has 1 amide bonds. The first kappa shape index (κ1) is 18.6. The molecule has 0 radical (unpaired) electrons. The summed E-state index contributed by atoms with van der Waals surface area (Å²) in [7, 11) is 0. The number of likely N-dealkylation sites (tertiary alicyclic amines) is 1. The van der Waals surface area contributed by atoms with Gasteiger partial charge in [-0.25, -0.2) is 9.78 Å². The molecule has 1 fully saturated rings. The van der Waals surface area contributed by atoms with E-state index in [0.29, 0.717) is 45.7 Å². The second kappa shape index (κ2) is 7.37. The van der Waals surface area contributed by atoms with Gasteiger partial charge in [0.2, 0.25) is 0 Å². The fourth-order valence-corrected chi connectivity index (χ4v) is 3.85. The number of carboxylic acid groups (broad SMARTS) is 1. The van der Waals surface area contributed by atoms with Gasteiger partial charge in [-0.15, -0.1) is 0 Å². The summed E-state index contributed by atoms with van der Waals surface area (Å²) < 4.78 is 7.62. The van der Waals surface area contributed by atoms with E-state index in [4.69, 9.17) is 9.72 Å². The summed E-state index contributed by atoms with van der Waals surface area (Å²) >= 11 is 0. The molecule has 0 spiro atoms.